The Bertz CT molecular complexity index is 610. The maximum absolute atomic E-state index is 13.8. The summed E-state index contributed by atoms with van der Waals surface area (Å²) in [5.74, 6) is -1.42. The van der Waals surface area contributed by atoms with Crippen LogP contribution >= 0.6 is 0 Å². The molecule has 20 heavy (non-hydrogen) atoms. The van der Waals surface area contributed by atoms with Gasteiger partial charge in [0.05, 0.1) is 11.6 Å². The van der Waals surface area contributed by atoms with Crippen molar-refractivity contribution >= 4 is 5.69 Å². The van der Waals surface area contributed by atoms with Gasteiger partial charge in [-0.15, -0.1) is 0 Å². The molecule has 0 heterocycles. The summed E-state index contributed by atoms with van der Waals surface area (Å²) in [4.78, 5) is 1.53. The van der Waals surface area contributed by atoms with Crippen LogP contribution in [0.1, 0.15) is 11.1 Å². The highest BCUT2D eigenvalue weighted by Gasteiger charge is 2.15. The summed E-state index contributed by atoms with van der Waals surface area (Å²) in [5.41, 5.74) is 0.994. The Hall–Kier alpha value is -2.41. The lowest BCUT2D eigenvalue weighted by Crippen LogP contribution is -2.22. The second-order valence-corrected chi connectivity index (χ2v) is 4.56. The molecule has 0 N–H and O–H groups in total. The summed E-state index contributed by atoms with van der Waals surface area (Å²) < 4.78 is 27.7. The average molecular weight is 272 g/mol. The third-order valence-electron chi connectivity index (χ3n) is 3.11. The molecule has 0 bridgehead atoms. The van der Waals surface area contributed by atoms with Crippen LogP contribution in [0.5, 0.6) is 0 Å². The van der Waals surface area contributed by atoms with E-state index in [1.54, 1.807) is 13.1 Å². The van der Waals surface area contributed by atoms with Gasteiger partial charge in [0.1, 0.15) is 5.69 Å². The molecule has 2 rings (SSSR count). The summed E-state index contributed by atoms with van der Waals surface area (Å²) in [6, 6.07) is 13.6. The maximum Gasteiger partial charge on any atom is 0.150 e. The molecule has 0 saturated heterocycles. The Labute approximate surface area is 116 Å². The second-order valence-electron chi connectivity index (χ2n) is 4.56. The van der Waals surface area contributed by atoms with Crippen LogP contribution in [0.3, 0.4) is 0 Å². The van der Waals surface area contributed by atoms with Crippen molar-refractivity contribution in [3.8, 4) is 6.07 Å². The Kier molecular flexibility index (Phi) is 4.31. The zero-order valence-electron chi connectivity index (χ0n) is 11.1. The quantitative estimate of drug-likeness (QED) is 0.851. The SMILES string of the molecule is CN(CCc1ccccc1)c1c(F)cc(C#N)cc1F. The summed E-state index contributed by atoms with van der Waals surface area (Å²) >= 11 is 0. The van der Waals surface area contributed by atoms with Crippen LogP contribution in [-0.2, 0) is 6.42 Å². The standard InChI is InChI=1S/C16H14F2N2/c1-20(8-7-12-5-3-2-4-6-12)16-14(17)9-13(11-19)10-15(16)18/h2-6,9-10H,7-8H2,1H3. The van der Waals surface area contributed by atoms with Crippen LogP contribution in [0.4, 0.5) is 14.5 Å². The molecule has 2 nitrogen and oxygen atoms in total. The lowest BCUT2D eigenvalue weighted by atomic mass is 10.1. The minimum Gasteiger partial charge on any atom is -0.370 e. The van der Waals surface area contributed by atoms with E-state index in [1.165, 1.54) is 4.90 Å². The molecule has 2 aromatic carbocycles. The van der Waals surface area contributed by atoms with Gasteiger partial charge in [0.25, 0.3) is 0 Å². The van der Waals surface area contributed by atoms with Gasteiger partial charge in [-0.25, -0.2) is 8.78 Å². The van der Waals surface area contributed by atoms with E-state index in [2.05, 4.69) is 0 Å². The van der Waals surface area contributed by atoms with E-state index >= 15 is 0 Å². The van der Waals surface area contributed by atoms with Gasteiger partial charge >= 0.3 is 0 Å². The van der Waals surface area contributed by atoms with Crippen molar-refractivity contribution in [1.29, 1.82) is 5.26 Å². The molecule has 0 atom stereocenters. The number of rotatable bonds is 4. The fraction of sp³-hybridized carbons (Fsp3) is 0.188. The highest BCUT2D eigenvalue weighted by atomic mass is 19.1. The van der Waals surface area contributed by atoms with Crippen molar-refractivity contribution in [2.24, 2.45) is 0 Å². The number of nitrogens with zero attached hydrogens (tertiary/aromatic N) is 2. The van der Waals surface area contributed by atoms with Gasteiger partial charge in [-0.1, -0.05) is 30.3 Å². The molecule has 2 aromatic rings. The molecule has 0 spiro atoms. The van der Waals surface area contributed by atoms with E-state index in [1.807, 2.05) is 30.3 Å². The van der Waals surface area contributed by atoms with Crippen molar-refractivity contribution in [1.82, 2.24) is 0 Å². The normalized spacial score (nSPS) is 10.1. The summed E-state index contributed by atoms with van der Waals surface area (Å²) in [5, 5.41) is 8.67. The number of halogens is 2. The average Bonchev–Trinajstić information content (AvgIpc) is 2.45. The fourth-order valence-corrected chi connectivity index (χ4v) is 2.05. The minimum atomic E-state index is -0.711. The van der Waals surface area contributed by atoms with Crippen molar-refractivity contribution < 1.29 is 8.78 Å². The lowest BCUT2D eigenvalue weighted by molar-refractivity contribution is 0.576. The lowest BCUT2D eigenvalue weighted by Gasteiger charge is -2.20. The van der Waals surface area contributed by atoms with E-state index in [9.17, 15) is 8.78 Å². The van der Waals surface area contributed by atoms with Crippen LogP contribution in [-0.4, -0.2) is 13.6 Å². The van der Waals surface area contributed by atoms with E-state index < -0.39 is 11.6 Å². The Morgan fingerprint density at radius 3 is 2.25 bits per heavy atom. The second kappa shape index (κ2) is 6.16. The van der Waals surface area contributed by atoms with Gasteiger partial charge in [-0.2, -0.15) is 5.26 Å². The number of benzene rings is 2. The summed E-state index contributed by atoms with van der Waals surface area (Å²) in [7, 11) is 1.64. The van der Waals surface area contributed by atoms with Crippen LogP contribution in [0, 0.1) is 23.0 Å². The van der Waals surface area contributed by atoms with Gasteiger partial charge in [0, 0.05) is 13.6 Å². The van der Waals surface area contributed by atoms with E-state index in [0.717, 1.165) is 17.7 Å². The smallest absolute Gasteiger partial charge is 0.150 e. The topological polar surface area (TPSA) is 27.0 Å². The van der Waals surface area contributed by atoms with Crippen molar-refractivity contribution in [2.45, 2.75) is 6.42 Å². The first kappa shape index (κ1) is 14.0. The predicted octanol–water partition coefficient (Wildman–Crippen LogP) is 3.52. The summed E-state index contributed by atoms with van der Waals surface area (Å²) in [6.45, 7) is 0.490. The number of anilines is 1. The number of hydrogen-bond acceptors (Lipinski definition) is 2. The van der Waals surface area contributed by atoms with Gasteiger partial charge < -0.3 is 4.90 Å². The molecule has 0 aromatic heterocycles. The maximum atomic E-state index is 13.8. The first-order valence-electron chi connectivity index (χ1n) is 6.26. The van der Waals surface area contributed by atoms with Crippen molar-refractivity contribution in [3.63, 3.8) is 0 Å². The van der Waals surface area contributed by atoms with Crippen LogP contribution < -0.4 is 4.90 Å². The van der Waals surface area contributed by atoms with Gasteiger partial charge in [-0.05, 0) is 24.1 Å². The van der Waals surface area contributed by atoms with Crippen molar-refractivity contribution in [3.05, 3.63) is 65.2 Å². The minimum absolute atomic E-state index is 0.0137. The van der Waals surface area contributed by atoms with E-state index in [-0.39, 0.29) is 11.3 Å². The molecule has 102 valence electrons. The molecule has 0 amide bonds. The Morgan fingerprint density at radius 2 is 1.70 bits per heavy atom. The van der Waals surface area contributed by atoms with Gasteiger partial charge in [0.2, 0.25) is 0 Å². The molecular weight excluding hydrogens is 258 g/mol. The van der Waals surface area contributed by atoms with Crippen molar-refractivity contribution in [2.75, 3.05) is 18.5 Å². The molecule has 0 fully saturated rings. The zero-order valence-corrected chi connectivity index (χ0v) is 11.1. The van der Waals surface area contributed by atoms with Gasteiger partial charge in [0.15, 0.2) is 11.6 Å². The largest absolute Gasteiger partial charge is 0.370 e. The summed E-state index contributed by atoms with van der Waals surface area (Å²) in [6.07, 6.45) is 0.691. The number of nitriles is 1. The third-order valence-corrected chi connectivity index (χ3v) is 3.11. The van der Waals surface area contributed by atoms with Gasteiger partial charge in [-0.3, -0.25) is 0 Å². The van der Waals surface area contributed by atoms with E-state index in [0.29, 0.717) is 13.0 Å². The van der Waals surface area contributed by atoms with Crippen LogP contribution in [0.2, 0.25) is 0 Å². The molecule has 4 heteroatoms. The number of hydrogen-bond donors (Lipinski definition) is 0. The molecule has 0 aliphatic carbocycles. The Balaban J connectivity index is 2.14. The molecule has 0 aliphatic heterocycles. The highest BCUT2D eigenvalue weighted by molar-refractivity contribution is 5.52. The van der Waals surface area contributed by atoms with E-state index in [4.69, 9.17) is 5.26 Å². The first-order chi connectivity index (χ1) is 9.61. The molecule has 0 radical (unpaired) electrons. The molecule has 0 unspecified atom stereocenters. The highest BCUT2D eigenvalue weighted by Crippen LogP contribution is 2.24. The van der Waals surface area contributed by atoms with Crippen LogP contribution in [0.25, 0.3) is 0 Å². The third kappa shape index (κ3) is 3.12. The molecule has 0 aliphatic rings. The van der Waals surface area contributed by atoms with Crippen LogP contribution in [0.15, 0.2) is 42.5 Å². The Morgan fingerprint density at radius 1 is 1.10 bits per heavy atom. The predicted molar refractivity (Wildman–Crippen MR) is 74.5 cm³/mol. The zero-order chi connectivity index (χ0) is 14.5. The molecule has 0 saturated carbocycles. The number of likely N-dealkylation sites (N-methyl/N-ethyl adjacent to an activating group) is 1. The molecular formula is C16H14F2N2. The first-order valence-corrected chi connectivity index (χ1v) is 6.26. The monoisotopic (exact) mass is 272 g/mol. The fourth-order valence-electron chi connectivity index (χ4n) is 2.05.